The molecule has 1 aliphatic heterocycles. The van der Waals surface area contributed by atoms with Crippen LogP contribution in [0.5, 0.6) is 0 Å². The number of esters is 1. The van der Waals surface area contributed by atoms with Crippen LogP contribution in [0.3, 0.4) is 0 Å². The fourth-order valence-corrected chi connectivity index (χ4v) is 3.58. The molecule has 0 saturated heterocycles. The zero-order chi connectivity index (χ0) is 13.5. The van der Waals surface area contributed by atoms with Gasteiger partial charge in [-0.2, -0.15) is 0 Å². The molecule has 2 nitrogen and oxygen atoms in total. The number of hydrogen-bond acceptors (Lipinski definition) is 3. The quantitative estimate of drug-likeness (QED) is 0.567. The van der Waals surface area contributed by atoms with E-state index >= 15 is 0 Å². The Balaban J connectivity index is 2.21. The van der Waals surface area contributed by atoms with Crippen LogP contribution in [0.25, 0.3) is 10.8 Å². The average molecular weight is 270 g/mol. The molecule has 0 radical (unpaired) electrons. The fourth-order valence-electron chi connectivity index (χ4n) is 2.39. The number of ether oxygens (including phenoxy) is 1. The predicted molar refractivity (Wildman–Crippen MR) is 78.4 cm³/mol. The molecular formula is C16H14O2S. The number of rotatable bonds is 1. The van der Waals surface area contributed by atoms with Gasteiger partial charge in [0.05, 0.1) is 5.56 Å². The third-order valence-electron chi connectivity index (χ3n) is 3.17. The van der Waals surface area contributed by atoms with Crippen molar-refractivity contribution < 1.29 is 9.53 Å². The van der Waals surface area contributed by atoms with E-state index in [2.05, 4.69) is 6.07 Å². The van der Waals surface area contributed by atoms with Crippen molar-refractivity contribution in [1.82, 2.24) is 0 Å². The van der Waals surface area contributed by atoms with Gasteiger partial charge in [-0.25, -0.2) is 4.79 Å². The van der Waals surface area contributed by atoms with Gasteiger partial charge < -0.3 is 4.74 Å². The standard InChI is InChI=1S/C16H14O2S/c1-3-10-16(2)18-15(17)14-12-7-5-4-6-11(12)8-9-13(14)19-16/h3-10H,1-2H3/b10-3+. The fraction of sp³-hybridized carbons (Fsp3) is 0.188. The number of hydrogen-bond donors (Lipinski definition) is 0. The third-order valence-corrected chi connectivity index (χ3v) is 4.36. The average Bonchev–Trinajstić information content (AvgIpc) is 2.37. The molecule has 3 rings (SSSR count). The van der Waals surface area contributed by atoms with Crippen molar-refractivity contribution in [2.45, 2.75) is 23.7 Å². The maximum atomic E-state index is 12.3. The number of fused-ring (bicyclic) bond motifs is 3. The first-order chi connectivity index (χ1) is 9.13. The van der Waals surface area contributed by atoms with E-state index in [0.29, 0.717) is 5.56 Å². The molecule has 96 valence electrons. The van der Waals surface area contributed by atoms with Crippen molar-refractivity contribution in [1.29, 1.82) is 0 Å². The molecular weight excluding hydrogens is 256 g/mol. The summed E-state index contributed by atoms with van der Waals surface area (Å²) in [5.41, 5.74) is 0.685. The first-order valence-electron chi connectivity index (χ1n) is 6.21. The molecule has 0 N–H and O–H groups in total. The first kappa shape index (κ1) is 12.3. The van der Waals surface area contributed by atoms with Gasteiger partial charge in [-0.3, -0.25) is 0 Å². The third kappa shape index (κ3) is 2.04. The maximum Gasteiger partial charge on any atom is 0.341 e. The lowest BCUT2D eigenvalue weighted by Gasteiger charge is -2.31. The smallest absolute Gasteiger partial charge is 0.341 e. The first-order valence-corrected chi connectivity index (χ1v) is 7.02. The summed E-state index contributed by atoms with van der Waals surface area (Å²) in [4.78, 5) is 12.7. The second-order valence-corrected chi connectivity index (χ2v) is 6.12. The largest absolute Gasteiger partial charge is 0.440 e. The molecule has 1 unspecified atom stereocenters. The summed E-state index contributed by atoms with van der Waals surface area (Å²) in [6.07, 6.45) is 3.82. The van der Waals surface area contributed by atoms with Crippen molar-refractivity contribution in [3.05, 3.63) is 54.1 Å². The second kappa shape index (κ2) is 4.42. The van der Waals surface area contributed by atoms with Crippen LogP contribution in [0.1, 0.15) is 24.2 Å². The molecule has 19 heavy (non-hydrogen) atoms. The van der Waals surface area contributed by atoms with Crippen LogP contribution in [0.15, 0.2) is 53.4 Å². The van der Waals surface area contributed by atoms with Crippen molar-refractivity contribution in [3.63, 3.8) is 0 Å². The minimum absolute atomic E-state index is 0.244. The van der Waals surface area contributed by atoms with E-state index in [0.717, 1.165) is 15.7 Å². The SMILES string of the molecule is C/C=C/C1(C)OC(=O)c2c(ccc3ccccc23)S1. The Morgan fingerprint density at radius 1 is 1.21 bits per heavy atom. The zero-order valence-corrected chi connectivity index (χ0v) is 11.7. The van der Waals surface area contributed by atoms with Crippen molar-refractivity contribution in [2.24, 2.45) is 0 Å². The topological polar surface area (TPSA) is 26.3 Å². The minimum Gasteiger partial charge on any atom is -0.440 e. The van der Waals surface area contributed by atoms with Gasteiger partial charge in [-0.15, -0.1) is 0 Å². The molecule has 1 heterocycles. The maximum absolute atomic E-state index is 12.3. The molecule has 2 aromatic rings. The number of allylic oxidation sites excluding steroid dienone is 1. The molecule has 0 saturated carbocycles. The van der Waals surface area contributed by atoms with Crippen LogP contribution in [0.4, 0.5) is 0 Å². The Hall–Kier alpha value is -1.74. The summed E-state index contributed by atoms with van der Waals surface area (Å²) in [7, 11) is 0. The highest BCUT2D eigenvalue weighted by atomic mass is 32.2. The summed E-state index contributed by atoms with van der Waals surface area (Å²) < 4.78 is 5.59. The number of carbonyl (C=O) groups is 1. The Kier molecular flexibility index (Phi) is 2.86. The number of cyclic esters (lactones) is 1. The summed E-state index contributed by atoms with van der Waals surface area (Å²) in [6.45, 7) is 3.84. The molecule has 2 aromatic carbocycles. The summed E-state index contributed by atoms with van der Waals surface area (Å²) in [5, 5.41) is 2.02. The lowest BCUT2D eigenvalue weighted by atomic mass is 10.0. The molecule has 0 aromatic heterocycles. The molecule has 1 atom stereocenters. The van der Waals surface area contributed by atoms with Gasteiger partial charge in [0, 0.05) is 4.90 Å². The van der Waals surface area contributed by atoms with Crippen LogP contribution in [-0.2, 0) is 4.74 Å². The Morgan fingerprint density at radius 3 is 2.79 bits per heavy atom. The van der Waals surface area contributed by atoms with Crippen molar-refractivity contribution >= 4 is 28.5 Å². The van der Waals surface area contributed by atoms with E-state index in [9.17, 15) is 4.79 Å². The molecule has 1 aliphatic rings. The predicted octanol–water partition coefficient (Wildman–Crippen LogP) is 4.39. The van der Waals surface area contributed by atoms with Gasteiger partial charge >= 0.3 is 5.97 Å². The van der Waals surface area contributed by atoms with E-state index in [1.807, 2.05) is 56.3 Å². The molecule has 0 spiro atoms. The minimum atomic E-state index is -0.610. The summed E-state index contributed by atoms with van der Waals surface area (Å²) in [5.74, 6) is -0.244. The number of thioether (sulfide) groups is 1. The van der Waals surface area contributed by atoms with Crippen LogP contribution in [-0.4, -0.2) is 10.9 Å². The molecule has 0 fully saturated rings. The van der Waals surface area contributed by atoms with E-state index in [-0.39, 0.29) is 5.97 Å². The van der Waals surface area contributed by atoms with E-state index in [4.69, 9.17) is 4.74 Å². The van der Waals surface area contributed by atoms with Crippen LogP contribution >= 0.6 is 11.8 Å². The summed E-state index contributed by atoms with van der Waals surface area (Å²) in [6, 6.07) is 11.9. The second-order valence-electron chi connectivity index (χ2n) is 4.67. The normalized spacial score (nSPS) is 22.5. The van der Waals surface area contributed by atoms with Crippen molar-refractivity contribution in [3.8, 4) is 0 Å². The van der Waals surface area contributed by atoms with Gasteiger partial charge in [-0.05, 0) is 36.8 Å². The Bertz CT molecular complexity index is 690. The van der Waals surface area contributed by atoms with Gasteiger partial charge in [-0.1, -0.05) is 48.2 Å². The number of carbonyl (C=O) groups excluding carboxylic acids is 1. The monoisotopic (exact) mass is 270 g/mol. The van der Waals surface area contributed by atoms with E-state index in [1.54, 1.807) is 11.8 Å². The highest BCUT2D eigenvalue weighted by molar-refractivity contribution is 8.00. The summed E-state index contributed by atoms with van der Waals surface area (Å²) >= 11 is 1.57. The molecule has 0 bridgehead atoms. The van der Waals surface area contributed by atoms with Gasteiger partial charge in [0.15, 0.2) is 4.93 Å². The lowest BCUT2D eigenvalue weighted by molar-refractivity contribution is 0.0341. The van der Waals surface area contributed by atoms with Crippen LogP contribution in [0, 0.1) is 0 Å². The van der Waals surface area contributed by atoms with E-state index in [1.165, 1.54) is 0 Å². The van der Waals surface area contributed by atoms with Gasteiger partial charge in [0.2, 0.25) is 0 Å². The van der Waals surface area contributed by atoms with E-state index < -0.39 is 4.93 Å². The number of benzene rings is 2. The highest BCUT2D eigenvalue weighted by Crippen LogP contribution is 2.44. The Morgan fingerprint density at radius 2 is 2.00 bits per heavy atom. The molecule has 3 heteroatoms. The van der Waals surface area contributed by atoms with Gasteiger partial charge in [0.25, 0.3) is 0 Å². The molecule has 0 aliphatic carbocycles. The van der Waals surface area contributed by atoms with Crippen molar-refractivity contribution in [2.75, 3.05) is 0 Å². The molecule has 0 amide bonds. The lowest BCUT2D eigenvalue weighted by Crippen LogP contribution is -2.30. The van der Waals surface area contributed by atoms with Crippen LogP contribution in [0.2, 0.25) is 0 Å². The van der Waals surface area contributed by atoms with Gasteiger partial charge in [0.1, 0.15) is 0 Å². The van der Waals surface area contributed by atoms with Crippen LogP contribution < -0.4 is 0 Å². The highest BCUT2D eigenvalue weighted by Gasteiger charge is 2.35. The Labute approximate surface area is 116 Å². The zero-order valence-electron chi connectivity index (χ0n) is 10.8.